The highest BCUT2D eigenvalue weighted by molar-refractivity contribution is 5.81. The molecule has 4 fully saturated rings. The number of likely N-dealkylation sites (tertiary alicyclic amines) is 1. The number of carbonyl (C=O) groups excluding carboxylic acids is 1. The third kappa shape index (κ3) is 3.57. The van der Waals surface area contributed by atoms with Gasteiger partial charge in [-0.15, -0.1) is 0 Å². The Bertz CT molecular complexity index is 418. The first kappa shape index (κ1) is 15.9. The van der Waals surface area contributed by atoms with E-state index in [4.69, 9.17) is 9.47 Å². The van der Waals surface area contributed by atoms with Crippen LogP contribution >= 0.6 is 0 Å². The number of ether oxygens (including phenoxy) is 2. The molecule has 5 nitrogen and oxygen atoms in total. The molecule has 1 saturated carbocycles. The summed E-state index contributed by atoms with van der Waals surface area (Å²) in [5.74, 6) is 0.717. The summed E-state index contributed by atoms with van der Waals surface area (Å²) in [6.45, 7) is 3.94. The number of rotatable bonds is 3. The Balaban J connectivity index is 1.29. The molecule has 1 aliphatic carbocycles. The number of amides is 1. The van der Waals surface area contributed by atoms with Crippen LogP contribution in [0.4, 0.5) is 0 Å². The summed E-state index contributed by atoms with van der Waals surface area (Å²) in [5, 5.41) is 3.21. The Morgan fingerprint density at radius 3 is 2.61 bits per heavy atom. The summed E-state index contributed by atoms with van der Waals surface area (Å²) in [5.41, 5.74) is 0. The van der Waals surface area contributed by atoms with Gasteiger partial charge in [-0.1, -0.05) is 12.8 Å². The Morgan fingerprint density at radius 2 is 1.83 bits per heavy atom. The number of nitrogens with one attached hydrogen (secondary N) is 1. The second-order valence-corrected chi connectivity index (χ2v) is 7.78. The van der Waals surface area contributed by atoms with Crippen LogP contribution in [0.2, 0.25) is 0 Å². The van der Waals surface area contributed by atoms with Crippen LogP contribution in [0, 0.1) is 5.92 Å². The lowest BCUT2D eigenvalue weighted by Gasteiger charge is -2.40. The van der Waals surface area contributed by atoms with Gasteiger partial charge in [-0.3, -0.25) is 9.69 Å². The summed E-state index contributed by atoms with van der Waals surface area (Å²) >= 11 is 0. The van der Waals surface area contributed by atoms with Crippen molar-refractivity contribution in [2.75, 3.05) is 26.3 Å². The van der Waals surface area contributed by atoms with Crippen LogP contribution in [0.1, 0.15) is 51.4 Å². The molecule has 1 amide bonds. The molecule has 1 N–H and O–H groups in total. The molecule has 0 aromatic rings. The highest BCUT2D eigenvalue weighted by atomic mass is 16.5. The van der Waals surface area contributed by atoms with Crippen LogP contribution in [-0.4, -0.2) is 61.4 Å². The largest absolute Gasteiger partial charge is 0.381 e. The summed E-state index contributed by atoms with van der Waals surface area (Å²) in [7, 11) is 0. The maximum absolute atomic E-state index is 12.5. The zero-order chi connectivity index (χ0) is 15.6. The number of piperidine rings is 1. The van der Waals surface area contributed by atoms with Crippen molar-refractivity contribution in [3.05, 3.63) is 0 Å². The lowest BCUT2D eigenvalue weighted by atomic mass is 9.90. The predicted molar refractivity (Wildman–Crippen MR) is 87.2 cm³/mol. The van der Waals surface area contributed by atoms with E-state index in [1.807, 2.05) is 0 Å². The topological polar surface area (TPSA) is 50.8 Å². The van der Waals surface area contributed by atoms with Crippen molar-refractivity contribution in [2.24, 2.45) is 5.92 Å². The lowest BCUT2D eigenvalue weighted by molar-refractivity contribution is -0.134. The van der Waals surface area contributed by atoms with Crippen LogP contribution in [0.25, 0.3) is 0 Å². The van der Waals surface area contributed by atoms with Gasteiger partial charge >= 0.3 is 0 Å². The molecule has 0 spiro atoms. The van der Waals surface area contributed by atoms with Crippen LogP contribution in [-0.2, 0) is 14.3 Å². The summed E-state index contributed by atoms with van der Waals surface area (Å²) in [6, 6.07) is 1.05. The Hall–Kier alpha value is -0.650. The molecule has 3 aliphatic heterocycles. The van der Waals surface area contributed by atoms with Crippen molar-refractivity contribution < 1.29 is 14.3 Å². The zero-order valence-corrected chi connectivity index (χ0v) is 14.0. The fraction of sp³-hybridized carbons (Fsp3) is 0.944. The van der Waals surface area contributed by atoms with E-state index >= 15 is 0 Å². The van der Waals surface area contributed by atoms with E-state index in [1.54, 1.807) is 0 Å². The van der Waals surface area contributed by atoms with Gasteiger partial charge in [0.1, 0.15) is 6.10 Å². The van der Waals surface area contributed by atoms with Gasteiger partial charge in [-0.2, -0.15) is 0 Å². The maximum Gasteiger partial charge on any atom is 0.249 e. The van der Waals surface area contributed by atoms with E-state index in [0.717, 1.165) is 58.4 Å². The van der Waals surface area contributed by atoms with Gasteiger partial charge in [0.2, 0.25) is 5.91 Å². The lowest BCUT2D eigenvalue weighted by Crippen LogP contribution is -2.49. The molecule has 130 valence electrons. The minimum Gasteiger partial charge on any atom is -0.381 e. The number of hydrogen-bond acceptors (Lipinski definition) is 4. The molecule has 5 heteroatoms. The molecule has 0 unspecified atom stereocenters. The first-order valence-corrected chi connectivity index (χ1v) is 9.57. The second-order valence-electron chi connectivity index (χ2n) is 7.78. The summed E-state index contributed by atoms with van der Waals surface area (Å²) in [4.78, 5) is 15.0. The number of nitrogens with zero attached hydrogens (tertiary/aromatic N) is 1. The van der Waals surface area contributed by atoms with Gasteiger partial charge in [0.25, 0.3) is 0 Å². The van der Waals surface area contributed by atoms with Gasteiger partial charge in [0.15, 0.2) is 0 Å². The van der Waals surface area contributed by atoms with Crippen molar-refractivity contribution in [2.45, 2.75) is 75.7 Å². The molecule has 23 heavy (non-hydrogen) atoms. The third-order valence-electron chi connectivity index (χ3n) is 6.28. The highest BCUT2D eigenvalue weighted by Gasteiger charge is 2.43. The molecular formula is C18H30N2O3. The van der Waals surface area contributed by atoms with Gasteiger partial charge in [0, 0.05) is 31.8 Å². The third-order valence-corrected chi connectivity index (χ3v) is 6.28. The van der Waals surface area contributed by atoms with Crippen molar-refractivity contribution in [3.63, 3.8) is 0 Å². The number of hydrogen-bond donors (Lipinski definition) is 1. The summed E-state index contributed by atoms with van der Waals surface area (Å²) in [6.07, 6.45) is 9.22. The number of fused-ring (bicyclic) bond motifs is 1. The maximum atomic E-state index is 12.5. The first-order valence-electron chi connectivity index (χ1n) is 9.57. The van der Waals surface area contributed by atoms with E-state index in [1.165, 1.54) is 19.3 Å². The molecule has 0 aromatic heterocycles. The molecule has 0 bridgehead atoms. The molecule has 4 rings (SSSR count). The van der Waals surface area contributed by atoms with Crippen molar-refractivity contribution >= 4 is 5.91 Å². The first-order chi connectivity index (χ1) is 11.3. The molecular weight excluding hydrogens is 292 g/mol. The van der Waals surface area contributed by atoms with E-state index in [9.17, 15) is 4.79 Å². The van der Waals surface area contributed by atoms with E-state index in [0.29, 0.717) is 18.0 Å². The van der Waals surface area contributed by atoms with Gasteiger partial charge in [-0.05, 0) is 51.0 Å². The van der Waals surface area contributed by atoms with E-state index < -0.39 is 0 Å². The van der Waals surface area contributed by atoms with E-state index in [-0.39, 0.29) is 18.1 Å². The SMILES string of the molecule is O=C(NC1CCCC1)[C@@H]1C[C@H]2CCN(C3CCOCC3)C[C@H]2O1. The molecule has 3 heterocycles. The Labute approximate surface area is 139 Å². The van der Waals surface area contributed by atoms with Crippen LogP contribution in [0.15, 0.2) is 0 Å². The minimum absolute atomic E-state index is 0.143. The Morgan fingerprint density at radius 1 is 1.04 bits per heavy atom. The van der Waals surface area contributed by atoms with Crippen molar-refractivity contribution in [1.82, 2.24) is 10.2 Å². The molecule has 0 radical (unpaired) electrons. The van der Waals surface area contributed by atoms with Crippen molar-refractivity contribution in [1.29, 1.82) is 0 Å². The summed E-state index contributed by atoms with van der Waals surface area (Å²) < 4.78 is 11.7. The zero-order valence-electron chi connectivity index (χ0n) is 14.0. The smallest absolute Gasteiger partial charge is 0.249 e. The van der Waals surface area contributed by atoms with Gasteiger partial charge < -0.3 is 14.8 Å². The Kier molecular flexibility index (Phi) is 4.88. The van der Waals surface area contributed by atoms with Gasteiger partial charge in [-0.25, -0.2) is 0 Å². The van der Waals surface area contributed by atoms with E-state index in [2.05, 4.69) is 10.2 Å². The minimum atomic E-state index is -0.208. The fourth-order valence-corrected chi connectivity index (χ4v) is 4.87. The molecule has 0 aromatic carbocycles. The average Bonchev–Trinajstić information content (AvgIpc) is 3.24. The van der Waals surface area contributed by atoms with Crippen LogP contribution in [0.3, 0.4) is 0 Å². The predicted octanol–water partition coefficient (Wildman–Crippen LogP) is 1.70. The standard InChI is InChI=1S/C18H30N2O3/c21-18(19-14-3-1-2-4-14)16-11-13-5-8-20(12-17(13)23-16)15-6-9-22-10-7-15/h13-17H,1-12H2,(H,19,21)/t13-,16+,17-/m1/s1. The van der Waals surface area contributed by atoms with Gasteiger partial charge in [0.05, 0.1) is 6.10 Å². The van der Waals surface area contributed by atoms with Crippen molar-refractivity contribution in [3.8, 4) is 0 Å². The molecule has 3 atom stereocenters. The normalized spacial score (nSPS) is 37.0. The molecule has 3 saturated heterocycles. The highest BCUT2D eigenvalue weighted by Crippen LogP contribution is 2.35. The second kappa shape index (κ2) is 7.08. The average molecular weight is 322 g/mol. The van der Waals surface area contributed by atoms with Crippen LogP contribution < -0.4 is 5.32 Å². The molecule has 4 aliphatic rings. The monoisotopic (exact) mass is 322 g/mol. The number of carbonyl (C=O) groups is 1. The van der Waals surface area contributed by atoms with Crippen LogP contribution in [0.5, 0.6) is 0 Å². The quantitative estimate of drug-likeness (QED) is 0.859. The fourth-order valence-electron chi connectivity index (χ4n) is 4.87.